The van der Waals surface area contributed by atoms with E-state index in [0.717, 1.165) is 42.8 Å². The summed E-state index contributed by atoms with van der Waals surface area (Å²) in [6.45, 7) is 12.1. The van der Waals surface area contributed by atoms with Crippen LogP contribution in [0, 0.1) is 12.8 Å². The van der Waals surface area contributed by atoms with Gasteiger partial charge >= 0.3 is 6.03 Å². The van der Waals surface area contributed by atoms with Gasteiger partial charge in [-0.05, 0) is 50.8 Å². The number of fused-ring (bicyclic) bond motifs is 2. The highest BCUT2D eigenvalue weighted by molar-refractivity contribution is 6.06. The average molecular weight is 513 g/mol. The summed E-state index contributed by atoms with van der Waals surface area (Å²) in [5.41, 5.74) is 2.32. The molecule has 2 bridgehead atoms. The minimum absolute atomic E-state index is 0.0942. The van der Waals surface area contributed by atoms with Crippen molar-refractivity contribution < 1.29 is 14.3 Å². The third-order valence-electron chi connectivity index (χ3n) is 9.31. The third kappa shape index (κ3) is 2.96. The molecule has 1 aromatic carbocycles. The van der Waals surface area contributed by atoms with Crippen LogP contribution in [0.3, 0.4) is 0 Å². The molecule has 38 heavy (non-hydrogen) atoms. The molecule has 3 unspecified atom stereocenters. The number of nitrogens with zero attached hydrogens (tertiary/aromatic N) is 5. The summed E-state index contributed by atoms with van der Waals surface area (Å²) in [6.07, 6.45) is 5.85. The molecule has 3 aromatic rings. The largest absolute Gasteiger partial charge is 0.369 e. The monoisotopic (exact) mass is 512 g/mol. The predicted octanol–water partition coefficient (Wildman–Crippen LogP) is 3.32. The van der Waals surface area contributed by atoms with Crippen LogP contribution in [0.4, 0.5) is 10.5 Å². The molecule has 4 saturated heterocycles. The molecule has 1 aliphatic carbocycles. The van der Waals surface area contributed by atoms with Crippen molar-refractivity contribution >= 4 is 23.3 Å². The Bertz CT molecular complexity index is 1490. The van der Waals surface area contributed by atoms with E-state index in [-0.39, 0.29) is 29.3 Å². The van der Waals surface area contributed by atoms with Crippen LogP contribution in [0.1, 0.15) is 43.6 Å². The number of hydrogen-bond acceptors (Lipinski definition) is 6. The highest BCUT2D eigenvalue weighted by atomic mass is 16.5. The van der Waals surface area contributed by atoms with Gasteiger partial charge in [0.25, 0.3) is 5.91 Å². The minimum Gasteiger partial charge on any atom is -0.369 e. The number of amides is 3. The number of imide groups is 1. The number of carbonyl (C=O) groups excluding carboxylic acids is 2. The van der Waals surface area contributed by atoms with Gasteiger partial charge in [0.15, 0.2) is 17.1 Å². The molecular formula is C29H32N6O3. The van der Waals surface area contributed by atoms with Gasteiger partial charge in [0.1, 0.15) is 5.54 Å². The maximum Gasteiger partial charge on any atom is 0.325 e. The Balaban J connectivity index is 1.23. The Morgan fingerprint density at radius 3 is 2.68 bits per heavy atom. The van der Waals surface area contributed by atoms with Gasteiger partial charge in [0, 0.05) is 24.4 Å². The summed E-state index contributed by atoms with van der Waals surface area (Å²) in [5.74, 6) is 0.443. The molecule has 4 aliphatic heterocycles. The Morgan fingerprint density at radius 2 is 2.00 bits per heavy atom. The quantitative estimate of drug-likeness (QED) is 0.417. The second-order valence-corrected chi connectivity index (χ2v) is 11.8. The fourth-order valence-corrected chi connectivity index (χ4v) is 7.07. The number of carbonyl (C=O) groups is 2. The molecule has 3 amide bonds. The van der Waals surface area contributed by atoms with E-state index in [1.54, 1.807) is 18.7 Å². The lowest BCUT2D eigenvalue weighted by Crippen LogP contribution is -2.65. The van der Waals surface area contributed by atoms with Crippen LogP contribution in [0.15, 0.2) is 55.3 Å². The number of benzene rings is 1. The van der Waals surface area contributed by atoms with E-state index < -0.39 is 11.1 Å². The van der Waals surface area contributed by atoms with Crippen molar-refractivity contribution in [1.29, 1.82) is 0 Å². The number of anilines is 1. The first-order valence-corrected chi connectivity index (χ1v) is 13.3. The van der Waals surface area contributed by atoms with E-state index in [4.69, 9.17) is 14.8 Å². The lowest BCUT2D eigenvalue weighted by Gasteiger charge is -2.50. The van der Waals surface area contributed by atoms with Crippen LogP contribution in [0.2, 0.25) is 0 Å². The molecule has 9 heteroatoms. The Labute approximate surface area is 221 Å². The molecule has 8 rings (SSSR count). The van der Waals surface area contributed by atoms with Gasteiger partial charge in [-0.1, -0.05) is 36.4 Å². The Kier molecular flexibility index (Phi) is 4.72. The molecule has 1 saturated carbocycles. The van der Waals surface area contributed by atoms with Crippen molar-refractivity contribution in [2.24, 2.45) is 5.92 Å². The molecule has 1 N–H and O–H groups in total. The first-order valence-electron chi connectivity index (χ1n) is 13.3. The second kappa shape index (κ2) is 7.66. The van der Waals surface area contributed by atoms with Crippen LogP contribution in [0.25, 0.3) is 5.65 Å². The zero-order valence-electron chi connectivity index (χ0n) is 22.0. The van der Waals surface area contributed by atoms with E-state index >= 15 is 0 Å². The fraction of sp³-hybridized carbons (Fsp3) is 0.448. The molecule has 5 aliphatic rings. The summed E-state index contributed by atoms with van der Waals surface area (Å²) in [5, 5.41) is 7.39. The average Bonchev–Trinajstić information content (AvgIpc) is 3.70. The number of nitrogens with one attached hydrogen (secondary N) is 1. The topological polar surface area (TPSA) is 92.1 Å². The summed E-state index contributed by atoms with van der Waals surface area (Å²) < 4.78 is 8.14. The first kappa shape index (κ1) is 23.4. The van der Waals surface area contributed by atoms with Crippen LogP contribution < -0.4 is 10.2 Å². The summed E-state index contributed by atoms with van der Waals surface area (Å²) in [7, 11) is 0. The standard InChI is InChI=1S/C29H32N6O3/c1-5-28(20-9-7-6-8-10-20)11-12-33(17-28)21-13-18(2)23-30-24(32-34(23)15-21)29-14-19(16-38-29)22(29)35-26(37)31-25(36)27(35,3)4/h5-10,13,15,19,22H,1,11-12,14,16-17H2,2-4H3,(H,31,36,37)/t19?,22?,28-,29?/m0/s1. The van der Waals surface area contributed by atoms with E-state index in [1.165, 1.54) is 5.56 Å². The van der Waals surface area contributed by atoms with Gasteiger partial charge in [-0.25, -0.2) is 14.3 Å². The zero-order chi connectivity index (χ0) is 26.4. The predicted molar refractivity (Wildman–Crippen MR) is 142 cm³/mol. The Hall–Kier alpha value is -3.72. The molecule has 0 radical (unpaired) electrons. The van der Waals surface area contributed by atoms with E-state index in [1.807, 2.05) is 16.8 Å². The maximum absolute atomic E-state index is 12.8. The van der Waals surface area contributed by atoms with Crippen LogP contribution in [-0.2, 0) is 20.5 Å². The lowest BCUT2D eigenvalue weighted by molar-refractivity contribution is -0.131. The van der Waals surface area contributed by atoms with Crippen molar-refractivity contribution in [3.05, 3.63) is 72.2 Å². The van der Waals surface area contributed by atoms with E-state index in [9.17, 15) is 9.59 Å². The molecule has 5 fully saturated rings. The normalized spacial score (nSPS) is 31.7. The van der Waals surface area contributed by atoms with Crippen molar-refractivity contribution in [1.82, 2.24) is 24.8 Å². The molecule has 6 heterocycles. The first-order chi connectivity index (χ1) is 18.2. The van der Waals surface area contributed by atoms with Gasteiger partial charge in [0.2, 0.25) is 0 Å². The van der Waals surface area contributed by atoms with Gasteiger partial charge in [-0.3, -0.25) is 10.1 Å². The summed E-state index contributed by atoms with van der Waals surface area (Å²) in [6, 6.07) is 12.1. The van der Waals surface area contributed by atoms with Gasteiger partial charge in [-0.15, -0.1) is 11.7 Å². The van der Waals surface area contributed by atoms with E-state index in [0.29, 0.717) is 12.4 Å². The SMILES string of the molecule is C=C[C@]1(c2ccccc2)CCN(c2cc(C)c3nc(C45CC(CO4)C5N4C(=O)NC(=O)C4(C)C)nn3c2)C1. The number of rotatable bonds is 5. The van der Waals surface area contributed by atoms with Crippen molar-refractivity contribution in [3.63, 3.8) is 0 Å². The van der Waals surface area contributed by atoms with Crippen LogP contribution >= 0.6 is 0 Å². The van der Waals surface area contributed by atoms with Crippen molar-refractivity contribution in [3.8, 4) is 0 Å². The van der Waals surface area contributed by atoms with Crippen LogP contribution in [0.5, 0.6) is 0 Å². The molecule has 4 atom stereocenters. The highest BCUT2D eigenvalue weighted by Gasteiger charge is 2.70. The number of urea groups is 1. The molecule has 196 valence electrons. The summed E-state index contributed by atoms with van der Waals surface area (Å²) in [4.78, 5) is 34.3. The number of ether oxygens (including phenoxy) is 1. The molecule has 2 aromatic heterocycles. The van der Waals surface area contributed by atoms with E-state index in [2.05, 4.69) is 60.1 Å². The van der Waals surface area contributed by atoms with Crippen LogP contribution in [-0.4, -0.2) is 62.7 Å². The Morgan fingerprint density at radius 1 is 1.21 bits per heavy atom. The maximum atomic E-state index is 12.8. The fourth-order valence-electron chi connectivity index (χ4n) is 7.07. The minimum atomic E-state index is -0.951. The van der Waals surface area contributed by atoms with Crippen molar-refractivity contribution in [2.75, 3.05) is 24.6 Å². The van der Waals surface area contributed by atoms with Gasteiger partial charge in [0.05, 0.1) is 24.5 Å². The lowest BCUT2D eigenvalue weighted by atomic mass is 9.67. The molecular weight excluding hydrogens is 480 g/mol. The summed E-state index contributed by atoms with van der Waals surface area (Å²) >= 11 is 0. The number of pyridine rings is 1. The molecule has 9 nitrogen and oxygen atoms in total. The van der Waals surface area contributed by atoms with Gasteiger partial charge < -0.3 is 14.5 Å². The molecule has 0 spiro atoms. The van der Waals surface area contributed by atoms with Crippen molar-refractivity contribution in [2.45, 2.75) is 56.2 Å². The second-order valence-electron chi connectivity index (χ2n) is 11.8. The number of aryl methyl sites for hydroxylation is 1. The smallest absolute Gasteiger partial charge is 0.325 e. The highest BCUT2D eigenvalue weighted by Crippen LogP contribution is 2.58. The number of hydrogen-bond donors (Lipinski definition) is 1. The van der Waals surface area contributed by atoms with Gasteiger partial charge in [-0.2, -0.15) is 0 Å². The number of aromatic nitrogens is 3. The zero-order valence-corrected chi connectivity index (χ0v) is 22.0. The third-order valence-corrected chi connectivity index (χ3v) is 9.31.